The summed E-state index contributed by atoms with van der Waals surface area (Å²) < 4.78 is 13.0. The molecule has 0 heterocycles. The van der Waals surface area contributed by atoms with E-state index in [9.17, 15) is 9.18 Å². The molecule has 0 spiro atoms. The molecule has 2 rings (SSSR count). The van der Waals surface area contributed by atoms with Gasteiger partial charge >= 0.3 is 0 Å². The topological polar surface area (TPSA) is 55.1 Å². The molecule has 0 saturated heterocycles. The van der Waals surface area contributed by atoms with Crippen molar-refractivity contribution < 1.29 is 9.18 Å². The Morgan fingerprint density at radius 1 is 1.24 bits per heavy atom. The average Bonchev–Trinajstić information content (AvgIpc) is 2.41. The number of nitrogens with two attached hydrogens (primary N) is 1. The van der Waals surface area contributed by atoms with Crippen molar-refractivity contribution in [3.63, 3.8) is 0 Å². The fraction of sp³-hybridized carbons (Fsp3) is 0.588. The van der Waals surface area contributed by atoms with Crippen LogP contribution in [0.5, 0.6) is 0 Å². The Balaban J connectivity index is 1.93. The van der Waals surface area contributed by atoms with Gasteiger partial charge in [-0.25, -0.2) is 4.39 Å². The van der Waals surface area contributed by atoms with E-state index in [1.54, 1.807) is 0 Å². The zero-order valence-electron chi connectivity index (χ0n) is 13.1. The molecule has 3 N–H and O–H groups in total. The highest BCUT2D eigenvalue weighted by molar-refractivity contribution is 5.95. The number of anilines is 2. The van der Waals surface area contributed by atoms with Crippen LogP contribution in [-0.2, 0) is 4.79 Å². The van der Waals surface area contributed by atoms with E-state index in [4.69, 9.17) is 5.73 Å². The van der Waals surface area contributed by atoms with Crippen LogP contribution in [0, 0.1) is 23.1 Å². The van der Waals surface area contributed by atoms with Gasteiger partial charge in [0.25, 0.3) is 0 Å². The van der Waals surface area contributed by atoms with Crippen LogP contribution in [0.25, 0.3) is 0 Å². The van der Waals surface area contributed by atoms with Crippen LogP contribution < -0.4 is 11.1 Å². The van der Waals surface area contributed by atoms with Crippen LogP contribution in [0.15, 0.2) is 18.2 Å². The third-order valence-electron chi connectivity index (χ3n) is 4.59. The molecule has 4 heteroatoms. The molecular weight excluding hydrogens is 267 g/mol. The molecule has 0 aliphatic heterocycles. The van der Waals surface area contributed by atoms with Crippen molar-refractivity contribution in [2.24, 2.45) is 17.3 Å². The number of benzene rings is 1. The molecule has 0 unspecified atom stereocenters. The van der Waals surface area contributed by atoms with Gasteiger partial charge in [-0.05, 0) is 55.2 Å². The van der Waals surface area contributed by atoms with Crippen molar-refractivity contribution in [2.45, 2.75) is 46.5 Å². The molecule has 116 valence electrons. The first-order valence-corrected chi connectivity index (χ1v) is 7.63. The van der Waals surface area contributed by atoms with Crippen LogP contribution in [0.3, 0.4) is 0 Å². The number of nitrogens with one attached hydrogen (secondary N) is 1. The summed E-state index contributed by atoms with van der Waals surface area (Å²) in [5, 5.41) is 2.83. The summed E-state index contributed by atoms with van der Waals surface area (Å²) in [7, 11) is 0. The predicted molar refractivity (Wildman–Crippen MR) is 84.3 cm³/mol. The van der Waals surface area contributed by atoms with Crippen LogP contribution >= 0.6 is 0 Å². The first kappa shape index (κ1) is 15.8. The second-order valence-corrected chi connectivity index (χ2v) is 7.14. The van der Waals surface area contributed by atoms with E-state index in [1.165, 1.54) is 18.2 Å². The minimum absolute atomic E-state index is 0.000618. The average molecular weight is 292 g/mol. The summed E-state index contributed by atoms with van der Waals surface area (Å²) in [5.41, 5.74) is 6.80. The molecule has 1 aliphatic rings. The lowest BCUT2D eigenvalue weighted by Crippen LogP contribution is -2.31. The molecular formula is C17H25FN2O. The highest BCUT2D eigenvalue weighted by Gasteiger charge is 2.32. The molecule has 1 saturated carbocycles. The number of hydrogen-bond acceptors (Lipinski definition) is 2. The van der Waals surface area contributed by atoms with Crippen molar-refractivity contribution in [3.05, 3.63) is 24.0 Å². The zero-order chi connectivity index (χ0) is 15.6. The molecule has 0 bridgehead atoms. The lowest BCUT2D eigenvalue weighted by Gasteiger charge is -2.36. The summed E-state index contributed by atoms with van der Waals surface area (Å²) in [6.45, 7) is 6.78. The fourth-order valence-corrected chi connectivity index (χ4v) is 3.10. The van der Waals surface area contributed by atoms with Crippen LogP contribution in [0.4, 0.5) is 15.8 Å². The Kier molecular flexibility index (Phi) is 4.55. The number of hydrogen-bond donors (Lipinski definition) is 2. The quantitative estimate of drug-likeness (QED) is 0.803. The summed E-state index contributed by atoms with van der Waals surface area (Å²) >= 11 is 0. The molecule has 1 aromatic carbocycles. The molecule has 3 nitrogen and oxygen atoms in total. The molecule has 21 heavy (non-hydrogen) atoms. The van der Waals surface area contributed by atoms with E-state index in [-0.39, 0.29) is 17.5 Å². The summed E-state index contributed by atoms with van der Waals surface area (Å²) in [6, 6.07) is 4.05. The number of carbonyl (C=O) groups excluding carboxylic acids is 1. The van der Waals surface area contributed by atoms with Crippen molar-refractivity contribution in [1.82, 2.24) is 0 Å². The van der Waals surface area contributed by atoms with Gasteiger partial charge in [-0.2, -0.15) is 0 Å². The van der Waals surface area contributed by atoms with Gasteiger partial charge in [-0.1, -0.05) is 20.8 Å². The Bertz CT molecular complexity index is 514. The molecule has 1 aromatic rings. The van der Waals surface area contributed by atoms with Gasteiger partial charge in [0.2, 0.25) is 5.91 Å². The van der Waals surface area contributed by atoms with Crippen LogP contribution in [0.2, 0.25) is 0 Å². The van der Waals surface area contributed by atoms with Crippen molar-refractivity contribution in [2.75, 3.05) is 11.1 Å². The molecule has 0 atom stereocenters. The summed E-state index contributed by atoms with van der Waals surface area (Å²) in [4.78, 5) is 12.3. The number of amides is 1. The Hall–Kier alpha value is -1.58. The predicted octanol–water partition coefficient (Wildman–Crippen LogP) is 4.20. The largest absolute Gasteiger partial charge is 0.397 e. The number of nitrogen functional groups attached to an aromatic ring is 1. The fourth-order valence-electron chi connectivity index (χ4n) is 3.10. The van der Waals surface area contributed by atoms with Gasteiger partial charge in [0.05, 0.1) is 11.4 Å². The van der Waals surface area contributed by atoms with E-state index in [2.05, 4.69) is 26.1 Å². The van der Waals surface area contributed by atoms with E-state index in [1.807, 2.05) is 0 Å². The number of rotatable bonds is 2. The maximum Gasteiger partial charge on any atom is 0.227 e. The molecule has 1 amide bonds. The SMILES string of the molecule is CC(C)(C)C1CCC(C(=O)Nc2ccc(F)cc2N)CC1. The third kappa shape index (κ3) is 3.96. The zero-order valence-corrected chi connectivity index (χ0v) is 13.1. The summed E-state index contributed by atoms with van der Waals surface area (Å²) in [5.74, 6) is 0.322. The van der Waals surface area contributed by atoms with Gasteiger partial charge in [0.1, 0.15) is 5.82 Å². The minimum Gasteiger partial charge on any atom is -0.397 e. The second-order valence-electron chi connectivity index (χ2n) is 7.14. The number of halogens is 1. The monoisotopic (exact) mass is 292 g/mol. The van der Waals surface area contributed by atoms with Crippen LogP contribution in [0.1, 0.15) is 46.5 Å². The van der Waals surface area contributed by atoms with Gasteiger partial charge in [0.15, 0.2) is 0 Å². The maximum absolute atomic E-state index is 13.0. The van der Waals surface area contributed by atoms with E-state index in [0.29, 0.717) is 17.0 Å². The normalized spacial score (nSPS) is 22.9. The van der Waals surface area contributed by atoms with Crippen molar-refractivity contribution >= 4 is 17.3 Å². The van der Waals surface area contributed by atoms with Gasteiger partial charge in [0, 0.05) is 5.92 Å². The lowest BCUT2D eigenvalue weighted by atomic mass is 9.69. The van der Waals surface area contributed by atoms with E-state index in [0.717, 1.165) is 25.7 Å². The van der Waals surface area contributed by atoms with Crippen LogP contribution in [-0.4, -0.2) is 5.91 Å². The lowest BCUT2D eigenvalue weighted by molar-refractivity contribution is -0.121. The highest BCUT2D eigenvalue weighted by Crippen LogP contribution is 2.40. The van der Waals surface area contributed by atoms with Crippen molar-refractivity contribution in [3.8, 4) is 0 Å². The molecule has 1 fully saturated rings. The molecule has 1 aliphatic carbocycles. The smallest absolute Gasteiger partial charge is 0.227 e. The molecule has 0 aromatic heterocycles. The third-order valence-corrected chi connectivity index (χ3v) is 4.59. The highest BCUT2D eigenvalue weighted by atomic mass is 19.1. The standard InChI is InChI=1S/C17H25FN2O/c1-17(2,3)12-6-4-11(5-7-12)16(21)20-15-9-8-13(18)10-14(15)19/h8-12H,4-7,19H2,1-3H3,(H,20,21). The first-order chi connectivity index (χ1) is 9.77. The Morgan fingerprint density at radius 3 is 2.38 bits per heavy atom. The van der Waals surface area contributed by atoms with Gasteiger partial charge < -0.3 is 11.1 Å². The minimum atomic E-state index is -0.392. The maximum atomic E-state index is 13.0. The van der Waals surface area contributed by atoms with E-state index < -0.39 is 5.82 Å². The number of carbonyl (C=O) groups is 1. The Labute approximate surface area is 126 Å². The Morgan fingerprint density at radius 2 is 1.86 bits per heavy atom. The summed E-state index contributed by atoms with van der Waals surface area (Å²) in [6.07, 6.45) is 3.99. The van der Waals surface area contributed by atoms with E-state index >= 15 is 0 Å². The van der Waals surface area contributed by atoms with Crippen molar-refractivity contribution in [1.29, 1.82) is 0 Å². The second kappa shape index (κ2) is 6.04. The first-order valence-electron chi connectivity index (χ1n) is 7.63. The van der Waals surface area contributed by atoms with Gasteiger partial charge in [-0.15, -0.1) is 0 Å². The van der Waals surface area contributed by atoms with Gasteiger partial charge in [-0.3, -0.25) is 4.79 Å². The molecule has 0 radical (unpaired) electrons.